The lowest BCUT2D eigenvalue weighted by Gasteiger charge is -2.30. The highest BCUT2D eigenvalue weighted by atomic mass is 16.5. The number of nitrogens with zero attached hydrogens (tertiary/aromatic N) is 1. The molecule has 1 aliphatic rings. The van der Waals surface area contributed by atoms with Crippen molar-refractivity contribution in [1.82, 2.24) is 10.2 Å². The molecule has 4 nitrogen and oxygen atoms in total. The zero-order chi connectivity index (χ0) is 16.1. The number of rotatable bonds is 5. The number of benzene rings is 1. The molecule has 22 heavy (non-hydrogen) atoms. The van der Waals surface area contributed by atoms with Gasteiger partial charge in [-0.3, -0.25) is 4.79 Å². The van der Waals surface area contributed by atoms with Gasteiger partial charge in [0, 0.05) is 6.04 Å². The predicted molar refractivity (Wildman–Crippen MR) is 89.3 cm³/mol. The van der Waals surface area contributed by atoms with Gasteiger partial charge in [0.2, 0.25) is 0 Å². The van der Waals surface area contributed by atoms with Crippen LogP contribution in [-0.4, -0.2) is 43.1 Å². The minimum atomic E-state index is -0.417. The van der Waals surface area contributed by atoms with E-state index in [2.05, 4.69) is 23.3 Å². The summed E-state index contributed by atoms with van der Waals surface area (Å²) in [6.45, 7) is 8.12. The van der Waals surface area contributed by atoms with Crippen LogP contribution >= 0.6 is 0 Å². The van der Waals surface area contributed by atoms with E-state index >= 15 is 0 Å². The summed E-state index contributed by atoms with van der Waals surface area (Å²) in [5, 5.41) is 3.15. The van der Waals surface area contributed by atoms with Crippen molar-refractivity contribution in [3.8, 4) is 5.75 Å². The maximum absolute atomic E-state index is 12.5. The van der Waals surface area contributed by atoms with Crippen molar-refractivity contribution in [1.29, 1.82) is 0 Å². The van der Waals surface area contributed by atoms with E-state index in [1.807, 2.05) is 32.9 Å². The van der Waals surface area contributed by atoms with Crippen LogP contribution < -0.4 is 10.1 Å². The molecular formula is C18H28N2O2. The van der Waals surface area contributed by atoms with Crippen molar-refractivity contribution in [2.45, 2.75) is 52.2 Å². The predicted octanol–water partition coefficient (Wildman–Crippen LogP) is 2.67. The van der Waals surface area contributed by atoms with Crippen LogP contribution in [0.3, 0.4) is 0 Å². The Morgan fingerprint density at radius 2 is 2.05 bits per heavy atom. The van der Waals surface area contributed by atoms with Gasteiger partial charge in [-0.1, -0.05) is 19.1 Å². The molecule has 0 spiro atoms. The number of amides is 1. The third-order valence-electron chi connectivity index (χ3n) is 4.34. The number of ether oxygens (including phenoxy) is 1. The van der Waals surface area contributed by atoms with Crippen molar-refractivity contribution in [3.63, 3.8) is 0 Å². The molecule has 1 heterocycles. The van der Waals surface area contributed by atoms with Crippen LogP contribution in [0.4, 0.5) is 0 Å². The Bertz CT molecular complexity index is 508. The molecule has 1 saturated heterocycles. The van der Waals surface area contributed by atoms with Crippen LogP contribution in [0.1, 0.15) is 37.3 Å². The highest BCUT2D eigenvalue weighted by Crippen LogP contribution is 2.21. The minimum absolute atomic E-state index is 0.0120. The number of hydrogen-bond acceptors (Lipinski definition) is 3. The number of nitrogens with one attached hydrogen (secondary N) is 1. The van der Waals surface area contributed by atoms with Gasteiger partial charge >= 0.3 is 0 Å². The highest BCUT2D eigenvalue weighted by molar-refractivity contribution is 5.81. The molecule has 4 heteroatoms. The molecule has 2 rings (SSSR count). The third-order valence-corrected chi connectivity index (χ3v) is 4.34. The van der Waals surface area contributed by atoms with Crippen molar-refractivity contribution in [3.05, 3.63) is 29.3 Å². The standard InChI is InChI=1S/C18H28N2O2/c1-5-16(22-17-12-13(2)6-7-14(17)3)18(21)19-15-8-10-20(4)11-9-15/h6-7,12,15-16H,5,8-11H2,1-4H3,(H,19,21). The average Bonchev–Trinajstić information content (AvgIpc) is 2.50. The Kier molecular flexibility index (Phi) is 5.83. The molecule has 122 valence electrons. The summed E-state index contributed by atoms with van der Waals surface area (Å²) >= 11 is 0. The number of likely N-dealkylation sites (tertiary alicyclic amines) is 1. The van der Waals surface area contributed by atoms with Crippen LogP contribution in [0.5, 0.6) is 5.75 Å². The van der Waals surface area contributed by atoms with Crippen molar-refractivity contribution < 1.29 is 9.53 Å². The summed E-state index contributed by atoms with van der Waals surface area (Å²) in [5.74, 6) is 0.823. The highest BCUT2D eigenvalue weighted by Gasteiger charge is 2.24. The number of carbonyl (C=O) groups excluding carboxylic acids is 1. The first-order chi connectivity index (χ1) is 10.5. The summed E-state index contributed by atoms with van der Waals surface area (Å²) in [4.78, 5) is 14.8. The minimum Gasteiger partial charge on any atom is -0.480 e. The van der Waals surface area contributed by atoms with E-state index in [0.29, 0.717) is 6.42 Å². The zero-order valence-corrected chi connectivity index (χ0v) is 14.2. The zero-order valence-electron chi connectivity index (χ0n) is 14.2. The fraction of sp³-hybridized carbons (Fsp3) is 0.611. The van der Waals surface area contributed by atoms with E-state index < -0.39 is 6.10 Å². The van der Waals surface area contributed by atoms with Crippen LogP contribution in [0, 0.1) is 13.8 Å². The van der Waals surface area contributed by atoms with Gasteiger partial charge in [0.15, 0.2) is 6.10 Å². The molecule has 1 fully saturated rings. The van der Waals surface area contributed by atoms with Gasteiger partial charge in [-0.2, -0.15) is 0 Å². The molecule has 1 N–H and O–H groups in total. The number of aryl methyl sites for hydroxylation is 2. The normalized spacial score (nSPS) is 18.0. The summed E-state index contributed by atoms with van der Waals surface area (Å²) in [6.07, 6.45) is 2.29. The third kappa shape index (κ3) is 4.47. The lowest BCUT2D eigenvalue weighted by molar-refractivity contribution is -0.129. The molecule has 1 aliphatic heterocycles. The Balaban J connectivity index is 1.95. The van der Waals surface area contributed by atoms with Crippen LogP contribution in [-0.2, 0) is 4.79 Å². The monoisotopic (exact) mass is 304 g/mol. The second-order valence-corrected chi connectivity index (χ2v) is 6.37. The average molecular weight is 304 g/mol. The fourth-order valence-electron chi connectivity index (χ4n) is 2.76. The smallest absolute Gasteiger partial charge is 0.261 e. The van der Waals surface area contributed by atoms with Crippen LogP contribution in [0.2, 0.25) is 0 Å². The molecule has 1 atom stereocenters. The fourth-order valence-corrected chi connectivity index (χ4v) is 2.76. The molecule has 0 bridgehead atoms. The first-order valence-electron chi connectivity index (χ1n) is 8.22. The van der Waals surface area contributed by atoms with E-state index in [1.54, 1.807) is 0 Å². The van der Waals surface area contributed by atoms with Crippen molar-refractivity contribution in [2.75, 3.05) is 20.1 Å². The molecule has 1 amide bonds. The molecule has 1 aromatic carbocycles. The Morgan fingerprint density at radius 3 is 2.68 bits per heavy atom. The van der Waals surface area contributed by atoms with Crippen LogP contribution in [0.15, 0.2) is 18.2 Å². The van der Waals surface area contributed by atoms with E-state index in [4.69, 9.17) is 4.74 Å². The first-order valence-corrected chi connectivity index (χ1v) is 8.22. The lowest BCUT2D eigenvalue weighted by atomic mass is 10.0. The van der Waals surface area contributed by atoms with E-state index in [1.165, 1.54) is 0 Å². The van der Waals surface area contributed by atoms with Gasteiger partial charge < -0.3 is 15.0 Å². The summed E-state index contributed by atoms with van der Waals surface area (Å²) in [6, 6.07) is 6.37. The molecule has 1 unspecified atom stereocenters. The number of hydrogen-bond donors (Lipinski definition) is 1. The van der Waals surface area contributed by atoms with Crippen molar-refractivity contribution in [2.24, 2.45) is 0 Å². The van der Waals surface area contributed by atoms with Gasteiger partial charge in [0.05, 0.1) is 0 Å². The second kappa shape index (κ2) is 7.63. The Morgan fingerprint density at radius 1 is 1.36 bits per heavy atom. The summed E-state index contributed by atoms with van der Waals surface area (Å²) in [5.41, 5.74) is 2.21. The topological polar surface area (TPSA) is 41.6 Å². The second-order valence-electron chi connectivity index (χ2n) is 6.37. The van der Waals surface area contributed by atoms with Gasteiger partial charge in [-0.05, 0) is 70.4 Å². The van der Waals surface area contributed by atoms with Crippen LogP contribution in [0.25, 0.3) is 0 Å². The molecule has 0 aliphatic carbocycles. The SMILES string of the molecule is CCC(Oc1cc(C)ccc1C)C(=O)NC1CCN(C)CC1. The lowest BCUT2D eigenvalue weighted by Crippen LogP contribution is -2.48. The summed E-state index contributed by atoms with van der Waals surface area (Å²) in [7, 11) is 2.12. The largest absolute Gasteiger partial charge is 0.480 e. The van der Waals surface area contributed by atoms with Crippen molar-refractivity contribution >= 4 is 5.91 Å². The van der Waals surface area contributed by atoms with Gasteiger partial charge in [-0.25, -0.2) is 0 Å². The van der Waals surface area contributed by atoms with E-state index in [-0.39, 0.29) is 11.9 Å². The summed E-state index contributed by atoms with van der Waals surface area (Å²) < 4.78 is 5.98. The number of carbonyl (C=O) groups is 1. The molecule has 0 saturated carbocycles. The Hall–Kier alpha value is -1.55. The van der Waals surface area contributed by atoms with Gasteiger partial charge in [0.1, 0.15) is 5.75 Å². The molecule has 0 aromatic heterocycles. The molecule has 1 aromatic rings. The Labute approximate surface area is 133 Å². The quantitative estimate of drug-likeness (QED) is 0.909. The van der Waals surface area contributed by atoms with Gasteiger partial charge in [0.25, 0.3) is 5.91 Å². The molecule has 0 radical (unpaired) electrons. The van der Waals surface area contributed by atoms with E-state index in [0.717, 1.165) is 42.8 Å². The maximum atomic E-state index is 12.5. The molecular weight excluding hydrogens is 276 g/mol. The maximum Gasteiger partial charge on any atom is 0.261 e. The number of piperidine rings is 1. The van der Waals surface area contributed by atoms with Gasteiger partial charge in [-0.15, -0.1) is 0 Å². The van der Waals surface area contributed by atoms with E-state index in [9.17, 15) is 4.79 Å². The first kappa shape index (κ1) is 16.8.